The molecule has 0 aliphatic heterocycles. The van der Waals surface area contributed by atoms with E-state index in [-0.39, 0.29) is 5.56 Å². The number of alkyl halides is 3. The van der Waals surface area contributed by atoms with Crippen LogP contribution in [0.4, 0.5) is 13.2 Å². The molecule has 0 saturated carbocycles. The second-order valence-electron chi connectivity index (χ2n) is 3.43. The van der Waals surface area contributed by atoms with E-state index in [1.54, 1.807) is 0 Å². The maximum Gasteiger partial charge on any atom is 0.420 e. The topological polar surface area (TPSA) is 92.8 Å². The standard InChI is InChI=1S/C10H10F3NO4/c1-18-6-3-4(7(14)9(16)17)2-5(8(6)15)10(11,12)13/h2-3,7,15H,14H2,1H3,(H,16,17). The summed E-state index contributed by atoms with van der Waals surface area (Å²) in [6.07, 6.45) is -4.84. The molecule has 4 N–H and O–H groups in total. The van der Waals surface area contributed by atoms with Gasteiger partial charge in [-0.3, -0.25) is 4.79 Å². The van der Waals surface area contributed by atoms with Crippen molar-refractivity contribution >= 4 is 5.97 Å². The van der Waals surface area contributed by atoms with Crippen LogP contribution < -0.4 is 10.5 Å². The number of ether oxygens (including phenoxy) is 1. The van der Waals surface area contributed by atoms with Crippen molar-refractivity contribution in [2.24, 2.45) is 5.73 Å². The number of hydrogen-bond acceptors (Lipinski definition) is 4. The highest BCUT2D eigenvalue weighted by Crippen LogP contribution is 2.42. The van der Waals surface area contributed by atoms with E-state index in [0.29, 0.717) is 6.07 Å². The molecule has 0 aromatic heterocycles. The normalized spacial score (nSPS) is 13.2. The summed E-state index contributed by atoms with van der Waals surface area (Å²) in [6, 6.07) is -0.208. The van der Waals surface area contributed by atoms with Gasteiger partial charge in [0.2, 0.25) is 0 Å². The molecule has 0 aliphatic carbocycles. The number of carbonyl (C=O) groups is 1. The Morgan fingerprint density at radius 3 is 2.39 bits per heavy atom. The third-order valence-electron chi connectivity index (χ3n) is 2.25. The van der Waals surface area contributed by atoms with E-state index in [4.69, 9.17) is 10.8 Å². The number of phenolic OH excluding ortho intramolecular Hbond substituents is 1. The van der Waals surface area contributed by atoms with Gasteiger partial charge in [0.25, 0.3) is 0 Å². The van der Waals surface area contributed by atoms with E-state index < -0.39 is 35.2 Å². The molecule has 0 fully saturated rings. The number of methoxy groups -OCH3 is 1. The predicted octanol–water partition coefficient (Wildman–Crippen LogP) is 1.50. The zero-order chi connectivity index (χ0) is 14.1. The Morgan fingerprint density at radius 2 is 2.00 bits per heavy atom. The molecule has 1 aromatic carbocycles. The van der Waals surface area contributed by atoms with Gasteiger partial charge in [0.1, 0.15) is 11.6 Å². The number of rotatable bonds is 3. The number of benzene rings is 1. The van der Waals surface area contributed by atoms with Crippen LogP contribution in [0.15, 0.2) is 12.1 Å². The summed E-state index contributed by atoms with van der Waals surface area (Å²) in [6.45, 7) is 0. The zero-order valence-corrected chi connectivity index (χ0v) is 9.15. The second kappa shape index (κ2) is 4.73. The van der Waals surface area contributed by atoms with Crippen molar-refractivity contribution in [3.63, 3.8) is 0 Å². The van der Waals surface area contributed by atoms with Crippen LogP contribution in [-0.2, 0) is 11.0 Å². The highest BCUT2D eigenvalue weighted by atomic mass is 19.4. The molecule has 1 atom stereocenters. The van der Waals surface area contributed by atoms with Gasteiger partial charge in [-0.25, -0.2) is 0 Å². The first-order valence-electron chi connectivity index (χ1n) is 4.65. The maximum absolute atomic E-state index is 12.6. The van der Waals surface area contributed by atoms with Gasteiger partial charge >= 0.3 is 12.1 Å². The van der Waals surface area contributed by atoms with Crippen LogP contribution in [0.25, 0.3) is 0 Å². The molecule has 18 heavy (non-hydrogen) atoms. The molecular weight excluding hydrogens is 255 g/mol. The van der Waals surface area contributed by atoms with Crippen LogP contribution in [0, 0.1) is 0 Å². The lowest BCUT2D eigenvalue weighted by molar-refractivity contribution is -0.140. The molecule has 1 unspecified atom stereocenters. The number of carboxylic acids is 1. The predicted molar refractivity (Wildman–Crippen MR) is 54.2 cm³/mol. The molecule has 8 heteroatoms. The van der Waals surface area contributed by atoms with Crippen LogP contribution in [0.5, 0.6) is 11.5 Å². The molecule has 1 rings (SSSR count). The minimum absolute atomic E-state index is 0.315. The molecule has 0 amide bonds. The Hall–Kier alpha value is -1.96. The molecule has 0 heterocycles. The maximum atomic E-state index is 12.6. The second-order valence-corrected chi connectivity index (χ2v) is 3.43. The molecule has 1 aromatic rings. The van der Waals surface area contributed by atoms with Gasteiger partial charge in [-0.2, -0.15) is 13.2 Å². The third kappa shape index (κ3) is 2.65. The van der Waals surface area contributed by atoms with Crippen LogP contribution in [0.2, 0.25) is 0 Å². The van der Waals surface area contributed by atoms with E-state index in [9.17, 15) is 23.1 Å². The number of nitrogens with two attached hydrogens (primary N) is 1. The van der Waals surface area contributed by atoms with Crippen LogP contribution in [0.3, 0.4) is 0 Å². The summed E-state index contributed by atoms with van der Waals surface area (Å²) in [5.74, 6) is -3.08. The van der Waals surface area contributed by atoms with Crippen molar-refractivity contribution in [2.75, 3.05) is 7.11 Å². The van der Waals surface area contributed by atoms with Crippen LogP contribution in [-0.4, -0.2) is 23.3 Å². The Labute approximate surface area is 99.6 Å². The Kier molecular flexibility index (Phi) is 3.70. The smallest absolute Gasteiger partial charge is 0.420 e. The summed E-state index contributed by atoms with van der Waals surface area (Å²) in [7, 11) is 1.05. The summed E-state index contributed by atoms with van der Waals surface area (Å²) < 4.78 is 42.4. The van der Waals surface area contributed by atoms with Gasteiger partial charge < -0.3 is 20.7 Å². The average molecular weight is 265 g/mol. The molecule has 0 bridgehead atoms. The quantitative estimate of drug-likeness (QED) is 0.770. The van der Waals surface area contributed by atoms with E-state index in [2.05, 4.69) is 4.74 Å². The minimum Gasteiger partial charge on any atom is -0.504 e. The molecule has 0 radical (unpaired) electrons. The van der Waals surface area contributed by atoms with Gasteiger partial charge in [0, 0.05) is 0 Å². The van der Waals surface area contributed by atoms with Gasteiger partial charge in [0.15, 0.2) is 11.5 Å². The highest BCUT2D eigenvalue weighted by molar-refractivity contribution is 5.76. The molecular formula is C10H10F3NO4. The lowest BCUT2D eigenvalue weighted by atomic mass is 10.0. The fourth-order valence-corrected chi connectivity index (χ4v) is 1.32. The van der Waals surface area contributed by atoms with Crippen molar-refractivity contribution in [3.05, 3.63) is 23.3 Å². The largest absolute Gasteiger partial charge is 0.504 e. The number of hydrogen-bond donors (Lipinski definition) is 3. The van der Waals surface area contributed by atoms with Crippen LogP contribution >= 0.6 is 0 Å². The van der Waals surface area contributed by atoms with Crippen molar-refractivity contribution in [1.82, 2.24) is 0 Å². The first kappa shape index (κ1) is 14.1. The number of aromatic hydroxyl groups is 1. The lowest BCUT2D eigenvalue weighted by Crippen LogP contribution is -2.21. The van der Waals surface area contributed by atoms with E-state index in [1.165, 1.54) is 0 Å². The minimum atomic E-state index is -4.84. The van der Waals surface area contributed by atoms with Gasteiger partial charge in [0.05, 0.1) is 7.11 Å². The highest BCUT2D eigenvalue weighted by Gasteiger charge is 2.36. The summed E-state index contributed by atoms with van der Waals surface area (Å²) in [5, 5.41) is 18.0. The Balaban J connectivity index is 3.45. The van der Waals surface area contributed by atoms with Crippen molar-refractivity contribution in [3.8, 4) is 11.5 Å². The van der Waals surface area contributed by atoms with Gasteiger partial charge in [-0.15, -0.1) is 0 Å². The number of phenols is 1. The van der Waals surface area contributed by atoms with E-state index in [0.717, 1.165) is 13.2 Å². The summed E-state index contributed by atoms with van der Waals surface area (Å²) in [4.78, 5) is 10.6. The lowest BCUT2D eigenvalue weighted by Gasteiger charge is -2.15. The molecule has 5 nitrogen and oxygen atoms in total. The average Bonchev–Trinajstić information content (AvgIpc) is 2.26. The Bertz CT molecular complexity index is 473. The fraction of sp³-hybridized carbons (Fsp3) is 0.300. The van der Waals surface area contributed by atoms with Gasteiger partial charge in [-0.05, 0) is 17.7 Å². The Morgan fingerprint density at radius 1 is 1.44 bits per heavy atom. The number of carboxylic acid groups (broad SMARTS) is 1. The molecule has 0 aliphatic rings. The zero-order valence-electron chi connectivity index (χ0n) is 9.15. The van der Waals surface area contributed by atoms with Gasteiger partial charge in [-0.1, -0.05) is 0 Å². The molecule has 100 valence electrons. The SMILES string of the molecule is COc1cc(C(N)C(=O)O)cc(C(F)(F)F)c1O. The fourth-order valence-electron chi connectivity index (χ4n) is 1.32. The number of aliphatic carboxylic acids is 1. The van der Waals surface area contributed by atoms with Crippen LogP contribution in [0.1, 0.15) is 17.2 Å². The van der Waals surface area contributed by atoms with Crippen molar-refractivity contribution in [2.45, 2.75) is 12.2 Å². The van der Waals surface area contributed by atoms with Crippen molar-refractivity contribution in [1.29, 1.82) is 0 Å². The molecule has 0 saturated heterocycles. The third-order valence-corrected chi connectivity index (χ3v) is 2.25. The first-order valence-corrected chi connectivity index (χ1v) is 4.65. The van der Waals surface area contributed by atoms with Crippen molar-refractivity contribution < 1.29 is 32.9 Å². The first-order chi connectivity index (χ1) is 8.18. The summed E-state index contributed by atoms with van der Waals surface area (Å²) >= 11 is 0. The summed E-state index contributed by atoms with van der Waals surface area (Å²) in [5.41, 5.74) is 3.51. The monoisotopic (exact) mass is 265 g/mol. The number of halogens is 3. The van der Waals surface area contributed by atoms with E-state index >= 15 is 0 Å². The van der Waals surface area contributed by atoms with E-state index in [1.807, 2.05) is 0 Å². The molecule has 0 spiro atoms.